The highest BCUT2D eigenvalue weighted by atomic mass is 16.7. The van der Waals surface area contributed by atoms with Crippen molar-refractivity contribution >= 4 is 16.7 Å². The minimum Gasteiger partial charge on any atom is -0.493 e. The number of aliphatic hydroxyl groups excluding tert-OH is 1. The number of rotatable bonds is 7. The smallest absolute Gasteiger partial charge is 0.339 e. The Morgan fingerprint density at radius 1 is 0.923 bits per heavy atom. The van der Waals surface area contributed by atoms with Crippen LogP contribution in [0.25, 0.3) is 21.9 Å². The highest BCUT2D eigenvalue weighted by Gasteiger charge is 2.43. The Bertz CT molecular complexity index is 1440. The van der Waals surface area contributed by atoms with E-state index < -0.39 is 30.6 Å². The first-order valence-corrected chi connectivity index (χ1v) is 12.3. The number of carbonyl (C=O) groups is 1. The summed E-state index contributed by atoms with van der Waals surface area (Å²) in [7, 11) is 6.06. The summed E-state index contributed by atoms with van der Waals surface area (Å²) >= 11 is 0. The van der Waals surface area contributed by atoms with Crippen molar-refractivity contribution in [3.05, 3.63) is 41.5 Å². The Morgan fingerprint density at radius 3 is 2.41 bits per heavy atom. The van der Waals surface area contributed by atoms with Crippen molar-refractivity contribution in [2.24, 2.45) is 0 Å². The van der Waals surface area contributed by atoms with Gasteiger partial charge in [0, 0.05) is 36.3 Å². The van der Waals surface area contributed by atoms with Crippen LogP contribution in [0.1, 0.15) is 15.9 Å². The summed E-state index contributed by atoms with van der Waals surface area (Å²) in [6, 6.07) is 9.02. The van der Waals surface area contributed by atoms with Crippen molar-refractivity contribution in [3.63, 3.8) is 0 Å². The molecule has 4 atom stereocenters. The monoisotopic (exact) mass is 540 g/mol. The maximum Gasteiger partial charge on any atom is 0.339 e. The van der Waals surface area contributed by atoms with E-state index in [0.717, 1.165) is 0 Å². The molecule has 0 radical (unpaired) electrons. The highest BCUT2D eigenvalue weighted by Crippen LogP contribution is 2.52. The van der Waals surface area contributed by atoms with Gasteiger partial charge in [-0.05, 0) is 23.6 Å². The van der Waals surface area contributed by atoms with Crippen LogP contribution in [0, 0.1) is 0 Å². The van der Waals surface area contributed by atoms with Crippen molar-refractivity contribution in [3.8, 4) is 39.9 Å². The first-order chi connectivity index (χ1) is 19.0. The third-order valence-corrected chi connectivity index (χ3v) is 7.30. The lowest BCUT2D eigenvalue weighted by atomic mass is 9.88. The molecule has 3 aliphatic rings. The standard InChI is InChI=1S/C28H28O11/c1-31-18-8-14-15(9-19(18)32-2)24(39-28-23(29)26(34-4)20(33-3)11-36-28)16-10-35-27(30)22(16)21(14)13-6-5-7-17-25(13)38-12-37-17/h5-9,20,23,26,28-29H,10-12H2,1-4H3/t20-,23-,26+,28+/m1/s1. The number of carbonyl (C=O) groups excluding carboxylic acids is 1. The van der Waals surface area contributed by atoms with Crippen molar-refractivity contribution in [2.75, 3.05) is 41.8 Å². The molecule has 3 heterocycles. The van der Waals surface area contributed by atoms with Crippen LogP contribution in [0.15, 0.2) is 30.3 Å². The van der Waals surface area contributed by atoms with Gasteiger partial charge in [0.2, 0.25) is 13.1 Å². The van der Waals surface area contributed by atoms with Gasteiger partial charge in [-0.25, -0.2) is 4.79 Å². The first kappa shape index (κ1) is 25.5. The van der Waals surface area contributed by atoms with Gasteiger partial charge in [-0.1, -0.05) is 12.1 Å². The Labute approximate surface area is 224 Å². The van der Waals surface area contributed by atoms with Gasteiger partial charge in [-0.3, -0.25) is 0 Å². The number of hydrogen-bond acceptors (Lipinski definition) is 11. The number of para-hydroxylation sites is 1. The molecule has 0 amide bonds. The fourth-order valence-electron chi connectivity index (χ4n) is 5.42. The third kappa shape index (κ3) is 4.00. The van der Waals surface area contributed by atoms with Crippen LogP contribution in [-0.2, 0) is 25.6 Å². The highest BCUT2D eigenvalue weighted by molar-refractivity contribution is 6.14. The zero-order valence-corrected chi connectivity index (χ0v) is 21.8. The maximum atomic E-state index is 13.2. The minimum absolute atomic E-state index is 0.0373. The number of cyclic esters (lactones) is 1. The summed E-state index contributed by atoms with van der Waals surface area (Å²) in [4.78, 5) is 13.2. The van der Waals surface area contributed by atoms with Crippen molar-refractivity contribution < 1.29 is 52.5 Å². The predicted molar refractivity (Wildman–Crippen MR) is 136 cm³/mol. The molecule has 39 heavy (non-hydrogen) atoms. The summed E-state index contributed by atoms with van der Waals surface area (Å²) in [5.41, 5.74) is 2.06. The van der Waals surface area contributed by atoms with Gasteiger partial charge in [0.05, 0.1) is 26.4 Å². The molecule has 3 aromatic rings. The van der Waals surface area contributed by atoms with E-state index in [9.17, 15) is 9.90 Å². The van der Waals surface area contributed by atoms with Crippen LogP contribution in [0.2, 0.25) is 0 Å². The molecule has 11 nitrogen and oxygen atoms in total. The maximum absolute atomic E-state index is 13.2. The Hall–Kier alpha value is -3.77. The molecule has 11 heteroatoms. The van der Waals surface area contributed by atoms with E-state index in [0.29, 0.717) is 61.8 Å². The summed E-state index contributed by atoms with van der Waals surface area (Å²) in [5.74, 6) is 1.78. The molecule has 6 rings (SSSR count). The second kappa shape index (κ2) is 10.1. The van der Waals surface area contributed by atoms with Crippen molar-refractivity contribution in [2.45, 2.75) is 31.2 Å². The van der Waals surface area contributed by atoms with E-state index in [1.54, 1.807) is 18.2 Å². The summed E-state index contributed by atoms with van der Waals surface area (Å²) < 4.78 is 51.2. The summed E-state index contributed by atoms with van der Waals surface area (Å²) in [5, 5.41) is 12.3. The summed E-state index contributed by atoms with van der Waals surface area (Å²) in [6.07, 6.45) is -3.46. The first-order valence-electron chi connectivity index (χ1n) is 12.3. The Balaban J connectivity index is 1.60. The number of esters is 1. The van der Waals surface area contributed by atoms with Gasteiger partial charge < -0.3 is 47.7 Å². The lowest BCUT2D eigenvalue weighted by Gasteiger charge is -2.38. The molecule has 0 spiro atoms. The number of aliphatic hydroxyl groups is 1. The molecule has 0 saturated carbocycles. The van der Waals surface area contributed by atoms with Crippen LogP contribution in [0.4, 0.5) is 0 Å². The van der Waals surface area contributed by atoms with Gasteiger partial charge in [-0.15, -0.1) is 0 Å². The molecular formula is C28H28O11. The number of hydrogen-bond donors (Lipinski definition) is 1. The second-order valence-electron chi connectivity index (χ2n) is 9.21. The van der Waals surface area contributed by atoms with Gasteiger partial charge in [0.25, 0.3) is 0 Å². The largest absolute Gasteiger partial charge is 0.493 e. The fraction of sp³-hybridized carbons (Fsp3) is 0.393. The SMILES string of the molecule is COc1cc2c(O[C@@H]3OC[C@@H](OC)[C@H](OC)[C@H]3O)c3c(c(-c4cccc5c4OCO5)c2cc1OC)C(=O)OC3. The lowest BCUT2D eigenvalue weighted by molar-refractivity contribution is -0.252. The number of ether oxygens (including phenoxy) is 9. The van der Waals surface area contributed by atoms with Crippen molar-refractivity contribution in [1.29, 1.82) is 0 Å². The Morgan fingerprint density at radius 2 is 1.69 bits per heavy atom. The zero-order chi connectivity index (χ0) is 27.3. The zero-order valence-electron chi connectivity index (χ0n) is 21.8. The van der Waals surface area contributed by atoms with E-state index in [2.05, 4.69) is 0 Å². The van der Waals surface area contributed by atoms with Crippen LogP contribution in [0.5, 0.6) is 28.7 Å². The van der Waals surface area contributed by atoms with Crippen LogP contribution < -0.4 is 23.7 Å². The topological polar surface area (TPSA) is 120 Å². The van der Waals surface area contributed by atoms with Crippen LogP contribution in [-0.4, -0.2) is 77.5 Å². The average Bonchev–Trinajstić information content (AvgIpc) is 3.60. The summed E-state index contributed by atoms with van der Waals surface area (Å²) in [6.45, 7) is 0.161. The van der Waals surface area contributed by atoms with E-state index in [4.69, 9.17) is 42.6 Å². The number of fused-ring (bicyclic) bond motifs is 3. The molecule has 0 bridgehead atoms. The quantitative estimate of drug-likeness (QED) is 0.445. The molecule has 1 fully saturated rings. The lowest BCUT2D eigenvalue weighted by Crippen LogP contribution is -2.56. The molecule has 1 saturated heterocycles. The fourth-order valence-corrected chi connectivity index (χ4v) is 5.42. The minimum atomic E-state index is -1.18. The van der Waals surface area contributed by atoms with E-state index in [-0.39, 0.29) is 20.0 Å². The van der Waals surface area contributed by atoms with Gasteiger partial charge in [0.15, 0.2) is 23.0 Å². The molecule has 3 aliphatic heterocycles. The second-order valence-corrected chi connectivity index (χ2v) is 9.21. The van der Waals surface area contributed by atoms with Crippen molar-refractivity contribution in [1.82, 2.24) is 0 Å². The van der Waals surface area contributed by atoms with E-state index in [1.807, 2.05) is 12.1 Å². The molecular weight excluding hydrogens is 512 g/mol. The third-order valence-electron chi connectivity index (χ3n) is 7.30. The molecule has 0 aliphatic carbocycles. The molecule has 3 aromatic carbocycles. The molecule has 0 aromatic heterocycles. The van der Waals surface area contributed by atoms with E-state index in [1.165, 1.54) is 28.4 Å². The number of methoxy groups -OCH3 is 4. The van der Waals surface area contributed by atoms with Gasteiger partial charge in [0.1, 0.15) is 30.7 Å². The molecule has 1 N–H and O–H groups in total. The molecule has 0 unspecified atom stereocenters. The van der Waals surface area contributed by atoms with E-state index >= 15 is 0 Å². The Kier molecular flexibility index (Phi) is 6.59. The van der Waals surface area contributed by atoms with Gasteiger partial charge in [-0.2, -0.15) is 0 Å². The van der Waals surface area contributed by atoms with Crippen LogP contribution in [0.3, 0.4) is 0 Å². The average molecular weight is 541 g/mol. The predicted octanol–water partition coefficient (Wildman–Crippen LogP) is 3.05. The molecule has 206 valence electrons. The number of benzene rings is 3. The van der Waals surface area contributed by atoms with Crippen LogP contribution >= 0.6 is 0 Å². The normalized spacial score (nSPS) is 23.5. The van der Waals surface area contributed by atoms with Gasteiger partial charge >= 0.3 is 5.97 Å².